The van der Waals surface area contributed by atoms with Gasteiger partial charge < -0.3 is 10.2 Å². The van der Waals surface area contributed by atoms with Crippen LogP contribution in [0.3, 0.4) is 0 Å². The lowest BCUT2D eigenvalue weighted by atomic mass is 9.88. The van der Waals surface area contributed by atoms with Crippen LogP contribution in [0.25, 0.3) is 0 Å². The van der Waals surface area contributed by atoms with Crippen molar-refractivity contribution in [1.82, 2.24) is 4.90 Å². The molecular weight excluding hydrogens is 382 g/mol. The summed E-state index contributed by atoms with van der Waals surface area (Å²) in [5.41, 5.74) is 1.62. The van der Waals surface area contributed by atoms with E-state index in [0.717, 1.165) is 25.7 Å². The zero-order chi connectivity index (χ0) is 22.8. The smallest absolute Gasteiger partial charge is 0.0721 e. The Morgan fingerprint density at radius 1 is 1.03 bits per heavy atom. The molecule has 0 aliphatic heterocycles. The predicted molar refractivity (Wildman–Crippen MR) is 133 cm³/mol. The predicted octanol–water partition coefficient (Wildman–Crippen LogP) is 6.50. The van der Waals surface area contributed by atoms with E-state index in [1.807, 2.05) is 6.08 Å². The second-order valence-corrected chi connectivity index (χ2v) is 10.8. The van der Waals surface area contributed by atoms with Gasteiger partial charge in [0.05, 0.1) is 12.2 Å². The van der Waals surface area contributed by atoms with Gasteiger partial charge in [-0.1, -0.05) is 62.8 Å². The van der Waals surface area contributed by atoms with Crippen molar-refractivity contribution in [3.63, 3.8) is 0 Å². The first kappa shape index (κ1) is 26.6. The zero-order valence-corrected chi connectivity index (χ0v) is 21.1. The second-order valence-electron chi connectivity index (χ2n) is 10.8. The minimum atomic E-state index is -0.353. The van der Waals surface area contributed by atoms with Crippen molar-refractivity contribution in [2.45, 2.75) is 130 Å². The molecule has 3 heteroatoms. The molecule has 0 aromatic rings. The first-order valence-electron chi connectivity index (χ1n) is 13.3. The molecule has 0 radical (unpaired) electrons. The number of nitrogens with zero attached hydrogens (tertiary/aromatic N) is 1. The highest BCUT2D eigenvalue weighted by molar-refractivity contribution is 5.21. The first-order valence-corrected chi connectivity index (χ1v) is 13.3. The molecule has 5 atom stereocenters. The summed E-state index contributed by atoms with van der Waals surface area (Å²) in [7, 11) is 0. The summed E-state index contributed by atoms with van der Waals surface area (Å²) in [6.45, 7) is 12.6. The van der Waals surface area contributed by atoms with Gasteiger partial charge >= 0.3 is 0 Å². The van der Waals surface area contributed by atoms with Crippen LogP contribution in [0.4, 0.5) is 0 Å². The lowest BCUT2D eigenvalue weighted by Crippen LogP contribution is -2.37. The lowest BCUT2D eigenvalue weighted by Gasteiger charge is -2.30. The van der Waals surface area contributed by atoms with Gasteiger partial charge in [-0.2, -0.15) is 0 Å². The first-order chi connectivity index (χ1) is 14.8. The largest absolute Gasteiger partial charge is 0.392 e. The minimum absolute atomic E-state index is 0.220. The molecule has 0 saturated heterocycles. The Morgan fingerprint density at radius 3 is 2.42 bits per heavy atom. The number of hydrogen-bond acceptors (Lipinski definition) is 3. The molecule has 0 unspecified atom stereocenters. The Morgan fingerprint density at radius 2 is 1.74 bits per heavy atom. The number of aliphatic hydroxyl groups is 2. The van der Waals surface area contributed by atoms with Crippen LogP contribution in [0.1, 0.15) is 105 Å². The van der Waals surface area contributed by atoms with E-state index >= 15 is 0 Å². The summed E-state index contributed by atoms with van der Waals surface area (Å²) in [5.74, 6) is 1.31. The average Bonchev–Trinajstić information content (AvgIpc) is 3.21. The van der Waals surface area contributed by atoms with E-state index in [0.29, 0.717) is 23.9 Å². The molecule has 1 fully saturated rings. The zero-order valence-electron chi connectivity index (χ0n) is 21.1. The molecule has 0 aromatic carbocycles. The van der Waals surface area contributed by atoms with Gasteiger partial charge in [-0.25, -0.2) is 0 Å². The summed E-state index contributed by atoms with van der Waals surface area (Å²) in [6, 6.07) is 1.27. The van der Waals surface area contributed by atoms with Crippen LogP contribution in [0.15, 0.2) is 23.8 Å². The molecule has 0 heterocycles. The molecule has 2 aliphatic rings. The summed E-state index contributed by atoms with van der Waals surface area (Å²) >= 11 is 0. The summed E-state index contributed by atoms with van der Waals surface area (Å²) < 4.78 is 0. The maximum absolute atomic E-state index is 10.5. The normalized spacial score (nSPS) is 27.1. The molecule has 0 spiro atoms. The number of aliphatic hydroxyl groups excluding tert-OH is 2. The molecule has 2 rings (SSSR count). The SMILES string of the molecule is CCCCC[C@H](O)/C=C/[C@@H]1[C@H]2CC(CCCCCCN(C(C)C)C(C)C)=C[C@H]2C[C@H]1O. The molecule has 0 amide bonds. The standard InChI is InChI=1S/C28H51NO2/c1-6-7-10-14-25(30)15-16-26-27-19-23(18-24(27)20-28(26)31)13-11-8-9-12-17-29(21(2)3)22(4)5/h15-16,18,21-22,24-28,30-31H,6-14,17,19-20H2,1-5H3/b16-15+/t24-,25-,26+,27-,28+/m0/s1. The van der Waals surface area contributed by atoms with Gasteiger partial charge in [-0.05, 0) is 84.6 Å². The van der Waals surface area contributed by atoms with Crippen molar-refractivity contribution >= 4 is 0 Å². The Bertz CT molecular complexity index is 545. The van der Waals surface area contributed by atoms with Crippen LogP contribution in [0.5, 0.6) is 0 Å². The molecule has 0 bridgehead atoms. The summed E-state index contributed by atoms with van der Waals surface area (Å²) in [4.78, 5) is 2.60. The Hall–Kier alpha value is -0.640. The quantitative estimate of drug-likeness (QED) is 0.229. The van der Waals surface area contributed by atoms with Crippen LogP contribution in [0, 0.1) is 17.8 Å². The minimum Gasteiger partial charge on any atom is -0.392 e. The van der Waals surface area contributed by atoms with Gasteiger partial charge in [0.15, 0.2) is 0 Å². The topological polar surface area (TPSA) is 43.7 Å². The fraction of sp³-hybridized carbons (Fsp3) is 0.857. The van der Waals surface area contributed by atoms with E-state index in [2.05, 4.69) is 51.7 Å². The Labute approximate surface area is 193 Å². The maximum Gasteiger partial charge on any atom is 0.0721 e. The molecule has 3 nitrogen and oxygen atoms in total. The second kappa shape index (κ2) is 13.8. The van der Waals surface area contributed by atoms with Crippen molar-refractivity contribution in [3.05, 3.63) is 23.8 Å². The third-order valence-electron chi connectivity index (χ3n) is 7.60. The number of hydrogen-bond donors (Lipinski definition) is 2. The van der Waals surface area contributed by atoms with Gasteiger partial charge in [0.25, 0.3) is 0 Å². The van der Waals surface area contributed by atoms with Crippen LogP contribution in [-0.4, -0.2) is 45.9 Å². The average molecular weight is 434 g/mol. The number of allylic oxidation sites excluding steroid dienone is 2. The highest BCUT2D eigenvalue weighted by Gasteiger charge is 2.43. The van der Waals surface area contributed by atoms with E-state index in [4.69, 9.17) is 0 Å². The third kappa shape index (κ3) is 8.67. The highest BCUT2D eigenvalue weighted by Crippen LogP contribution is 2.48. The maximum atomic E-state index is 10.5. The van der Waals surface area contributed by atoms with E-state index in [1.165, 1.54) is 51.5 Å². The Balaban J connectivity index is 1.67. The van der Waals surface area contributed by atoms with Crippen molar-refractivity contribution < 1.29 is 10.2 Å². The van der Waals surface area contributed by atoms with E-state index < -0.39 is 0 Å². The van der Waals surface area contributed by atoms with Gasteiger partial charge in [0.2, 0.25) is 0 Å². The molecule has 2 aliphatic carbocycles. The number of unbranched alkanes of at least 4 members (excludes halogenated alkanes) is 5. The molecule has 1 saturated carbocycles. The van der Waals surface area contributed by atoms with Crippen molar-refractivity contribution in [2.75, 3.05) is 6.54 Å². The van der Waals surface area contributed by atoms with Crippen LogP contribution >= 0.6 is 0 Å². The van der Waals surface area contributed by atoms with E-state index in [-0.39, 0.29) is 18.1 Å². The number of rotatable bonds is 15. The summed E-state index contributed by atoms with van der Waals surface area (Å²) in [5, 5.41) is 20.8. The van der Waals surface area contributed by atoms with E-state index in [9.17, 15) is 10.2 Å². The monoisotopic (exact) mass is 433 g/mol. The Kier molecular flexibility index (Phi) is 11.8. The van der Waals surface area contributed by atoms with Crippen LogP contribution in [-0.2, 0) is 0 Å². The fourth-order valence-corrected chi connectivity index (χ4v) is 5.86. The van der Waals surface area contributed by atoms with Crippen molar-refractivity contribution in [2.24, 2.45) is 17.8 Å². The lowest BCUT2D eigenvalue weighted by molar-refractivity contribution is 0.139. The molecule has 0 aromatic heterocycles. The van der Waals surface area contributed by atoms with Crippen molar-refractivity contribution in [1.29, 1.82) is 0 Å². The molecule has 31 heavy (non-hydrogen) atoms. The van der Waals surface area contributed by atoms with E-state index in [1.54, 1.807) is 5.57 Å². The molecular formula is C28H51NO2. The fourth-order valence-electron chi connectivity index (χ4n) is 5.86. The van der Waals surface area contributed by atoms with Gasteiger partial charge in [0.1, 0.15) is 0 Å². The van der Waals surface area contributed by atoms with Gasteiger partial charge in [-0.3, -0.25) is 4.90 Å². The van der Waals surface area contributed by atoms with Gasteiger partial charge in [-0.15, -0.1) is 0 Å². The molecule has 180 valence electrons. The third-order valence-corrected chi connectivity index (χ3v) is 7.60. The van der Waals surface area contributed by atoms with Crippen LogP contribution in [0.2, 0.25) is 0 Å². The van der Waals surface area contributed by atoms with Crippen LogP contribution < -0.4 is 0 Å². The highest BCUT2D eigenvalue weighted by atomic mass is 16.3. The molecule has 2 N–H and O–H groups in total. The van der Waals surface area contributed by atoms with Crippen molar-refractivity contribution in [3.8, 4) is 0 Å². The summed E-state index contributed by atoms with van der Waals surface area (Å²) in [6.07, 6.45) is 18.8. The number of fused-ring (bicyclic) bond motifs is 1. The van der Waals surface area contributed by atoms with Gasteiger partial charge in [0, 0.05) is 18.0 Å².